The van der Waals surface area contributed by atoms with Gasteiger partial charge in [-0.2, -0.15) is 0 Å². The first-order valence-electron chi connectivity index (χ1n) is 12.4. The number of carbonyl (C=O) groups excluding carboxylic acids is 1. The number of hydrogen-bond donors (Lipinski definition) is 1. The lowest BCUT2D eigenvalue weighted by molar-refractivity contribution is 0.247. The Bertz CT molecular complexity index is 1240. The van der Waals surface area contributed by atoms with Gasteiger partial charge in [0.25, 0.3) is 0 Å². The highest BCUT2D eigenvalue weighted by atomic mass is 32.1. The molecule has 35 heavy (non-hydrogen) atoms. The predicted octanol–water partition coefficient (Wildman–Crippen LogP) is 4.70. The Labute approximate surface area is 211 Å². The molecule has 0 radical (unpaired) electrons. The molecule has 2 amide bonds. The van der Waals surface area contributed by atoms with Crippen LogP contribution in [0.15, 0.2) is 42.5 Å². The van der Waals surface area contributed by atoms with E-state index >= 15 is 0 Å². The Balaban J connectivity index is 1.11. The summed E-state index contributed by atoms with van der Waals surface area (Å²) in [7, 11) is 0. The van der Waals surface area contributed by atoms with E-state index in [4.69, 9.17) is 16.9 Å². The van der Waals surface area contributed by atoms with Crippen molar-refractivity contribution >= 4 is 38.1 Å². The summed E-state index contributed by atoms with van der Waals surface area (Å²) in [5.74, 6) is 3.76. The molecular formula is C28H32N4O2S. The van der Waals surface area contributed by atoms with Gasteiger partial charge in [0.1, 0.15) is 10.8 Å². The molecule has 0 bridgehead atoms. The number of nitrogens with two attached hydrogens (primary N) is 1. The van der Waals surface area contributed by atoms with E-state index in [-0.39, 0.29) is 0 Å². The number of anilines is 2. The number of rotatable bonds is 7. The second-order valence-corrected chi connectivity index (χ2v) is 10.3. The van der Waals surface area contributed by atoms with Crippen LogP contribution in [0.5, 0.6) is 5.75 Å². The third-order valence-corrected chi connectivity index (χ3v) is 8.06. The first-order chi connectivity index (χ1) is 17.1. The number of amides is 2. The van der Waals surface area contributed by atoms with Gasteiger partial charge in [0, 0.05) is 43.0 Å². The van der Waals surface area contributed by atoms with Crippen LogP contribution in [0.1, 0.15) is 30.4 Å². The van der Waals surface area contributed by atoms with E-state index in [1.807, 2.05) is 24.3 Å². The number of carbonyl (C=O) groups is 1. The Morgan fingerprint density at radius 1 is 1.14 bits per heavy atom. The molecule has 2 N–H and O–H groups in total. The van der Waals surface area contributed by atoms with Crippen LogP contribution in [0.2, 0.25) is 0 Å². The number of benzene rings is 2. The highest BCUT2D eigenvalue weighted by Gasteiger charge is 2.23. The Morgan fingerprint density at radius 2 is 2.00 bits per heavy atom. The fourth-order valence-electron chi connectivity index (χ4n) is 5.01. The monoisotopic (exact) mass is 488 g/mol. The summed E-state index contributed by atoms with van der Waals surface area (Å²) < 4.78 is 7.09. The summed E-state index contributed by atoms with van der Waals surface area (Å²) in [5.41, 5.74) is 9.15. The Kier molecular flexibility index (Phi) is 7.12. The zero-order chi connectivity index (χ0) is 24.2. The third-order valence-electron chi connectivity index (χ3n) is 6.94. The average Bonchev–Trinajstić information content (AvgIpc) is 3.31. The van der Waals surface area contributed by atoms with Gasteiger partial charge in [-0.05, 0) is 67.4 Å². The standard InChI is InChI=1S/C28H32N4O2S/c1-2-21-10-11-23-20-26(35-25(23)19-21)32(28(29)33)13-4-3-12-30-14-16-31(17-15-30)24-9-5-7-22-8-6-18-34-27(22)24/h1,5,7,9-11,19-20H,3-4,6,8,12-18H2,(H2,29,33). The molecule has 0 unspecified atom stereocenters. The number of primary amides is 1. The fourth-order valence-corrected chi connectivity index (χ4v) is 6.14. The van der Waals surface area contributed by atoms with Crippen molar-refractivity contribution in [3.8, 4) is 18.1 Å². The first-order valence-corrected chi connectivity index (χ1v) is 13.2. The third kappa shape index (κ3) is 5.24. The number of terminal acetylenes is 1. The summed E-state index contributed by atoms with van der Waals surface area (Å²) >= 11 is 1.56. The van der Waals surface area contributed by atoms with E-state index in [0.29, 0.717) is 6.54 Å². The van der Waals surface area contributed by atoms with Crippen molar-refractivity contribution in [3.05, 3.63) is 53.6 Å². The van der Waals surface area contributed by atoms with Crippen LogP contribution in [0.25, 0.3) is 10.1 Å². The zero-order valence-corrected chi connectivity index (χ0v) is 20.9. The van der Waals surface area contributed by atoms with Gasteiger partial charge in [-0.3, -0.25) is 9.80 Å². The SMILES string of the molecule is C#Cc1ccc2cc(N(CCCCN3CCN(c4cccc5c4OCCC5)CC3)C(N)=O)sc2c1. The van der Waals surface area contributed by atoms with Gasteiger partial charge in [0.2, 0.25) is 0 Å². The van der Waals surface area contributed by atoms with E-state index in [9.17, 15) is 4.79 Å². The van der Waals surface area contributed by atoms with Gasteiger partial charge in [0.05, 0.1) is 12.3 Å². The van der Waals surface area contributed by atoms with Gasteiger partial charge in [0.15, 0.2) is 0 Å². The van der Waals surface area contributed by atoms with Crippen LogP contribution < -0.4 is 20.3 Å². The minimum atomic E-state index is -0.407. The van der Waals surface area contributed by atoms with Crippen molar-refractivity contribution in [1.82, 2.24) is 4.90 Å². The largest absolute Gasteiger partial charge is 0.491 e. The summed E-state index contributed by atoms with van der Waals surface area (Å²) in [6.45, 7) is 6.57. The molecule has 2 aliphatic rings. The smallest absolute Gasteiger partial charge is 0.319 e. The van der Waals surface area contributed by atoms with Crippen molar-refractivity contribution in [2.45, 2.75) is 25.7 Å². The zero-order valence-electron chi connectivity index (χ0n) is 20.0. The molecule has 3 aromatic rings. The van der Waals surface area contributed by atoms with Crippen molar-refractivity contribution < 1.29 is 9.53 Å². The molecule has 182 valence electrons. The van der Waals surface area contributed by atoms with Crippen LogP contribution in [0.4, 0.5) is 15.5 Å². The van der Waals surface area contributed by atoms with E-state index in [0.717, 1.165) is 91.4 Å². The Morgan fingerprint density at radius 3 is 2.80 bits per heavy atom. The van der Waals surface area contributed by atoms with Crippen molar-refractivity contribution in [2.24, 2.45) is 5.73 Å². The highest BCUT2D eigenvalue weighted by Crippen LogP contribution is 2.36. The number of fused-ring (bicyclic) bond motifs is 2. The minimum Gasteiger partial charge on any atom is -0.491 e. The Hall–Kier alpha value is -3.21. The summed E-state index contributed by atoms with van der Waals surface area (Å²) in [5, 5.41) is 1.96. The molecule has 0 spiro atoms. The molecule has 0 atom stereocenters. The number of urea groups is 1. The second kappa shape index (κ2) is 10.6. The van der Waals surface area contributed by atoms with Crippen molar-refractivity contribution in [2.75, 3.05) is 55.7 Å². The molecule has 1 saturated heterocycles. The van der Waals surface area contributed by atoms with Crippen LogP contribution in [-0.4, -0.2) is 56.8 Å². The van der Waals surface area contributed by atoms with Gasteiger partial charge >= 0.3 is 6.03 Å². The summed E-state index contributed by atoms with van der Waals surface area (Å²) in [6.07, 6.45) is 9.67. The molecule has 0 aliphatic carbocycles. The van der Waals surface area contributed by atoms with E-state index in [1.165, 1.54) is 11.3 Å². The number of para-hydroxylation sites is 1. The molecule has 6 nitrogen and oxygen atoms in total. The number of nitrogens with zero attached hydrogens (tertiary/aromatic N) is 3. The number of unbranched alkanes of at least 4 members (excludes halogenated alkanes) is 1. The lowest BCUT2D eigenvalue weighted by Gasteiger charge is -2.37. The number of ether oxygens (including phenoxy) is 1. The maximum Gasteiger partial charge on any atom is 0.319 e. The lowest BCUT2D eigenvalue weighted by Crippen LogP contribution is -2.47. The van der Waals surface area contributed by atoms with E-state index < -0.39 is 6.03 Å². The number of piperazine rings is 1. The van der Waals surface area contributed by atoms with Crippen LogP contribution in [-0.2, 0) is 6.42 Å². The first kappa shape index (κ1) is 23.5. The van der Waals surface area contributed by atoms with E-state index in [1.54, 1.807) is 16.2 Å². The lowest BCUT2D eigenvalue weighted by atomic mass is 10.0. The molecule has 1 fully saturated rings. The molecule has 1 aromatic heterocycles. The van der Waals surface area contributed by atoms with E-state index in [2.05, 4.69) is 33.9 Å². The van der Waals surface area contributed by atoms with Crippen LogP contribution in [0.3, 0.4) is 0 Å². The van der Waals surface area contributed by atoms with Crippen molar-refractivity contribution in [1.29, 1.82) is 0 Å². The number of thiophene rings is 1. The molecular weight excluding hydrogens is 456 g/mol. The summed E-state index contributed by atoms with van der Waals surface area (Å²) in [4.78, 5) is 18.8. The maximum absolute atomic E-state index is 12.2. The van der Waals surface area contributed by atoms with Crippen LogP contribution in [0, 0.1) is 12.3 Å². The van der Waals surface area contributed by atoms with Crippen molar-refractivity contribution in [3.63, 3.8) is 0 Å². The fraction of sp³-hybridized carbons (Fsp3) is 0.393. The molecule has 2 aliphatic heterocycles. The quantitative estimate of drug-likeness (QED) is 0.387. The molecule has 7 heteroatoms. The molecule has 0 saturated carbocycles. The van der Waals surface area contributed by atoms with Gasteiger partial charge < -0.3 is 15.4 Å². The summed E-state index contributed by atoms with van der Waals surface area (Å²) in [6, 6.07) is 14.1. The minimum absolute atomic E-state index is 0.407. The molecule has 3 heterocycles. The van der Waals surface area contributed by atoms with Gasteiger partial charge in [-0.15, -0.1) is 17.8 Å². The highest BCUT2D eigenvalue weighted by molar-refractivity contribution is 7.23. The number of aryl methyl sites for hydroxylation is 1. The topological polar surface area (TPSA) is 62.0 Å². The van der Waals surface area contributed by atoms with Gasteiger partial charge in [-0.1, -0.05) is 24.1 Å². The molecule has 2 aromatic carbocycles. The average molecular weight is 489 g/mol. The second-order valence-electron chi connectivity index (χ2n) is 9.22. The van der Waals surface area contributed by atoms with Crippen LogP contribution >= 0.6 is 11.3 Å². The number of hydrogen-bond acceptors (Lipinski definition) is 5. The predicted molar refractivity (Wildman–Crippen MR) is 145 cm³/mol. The molecule has 5 rings (SSSR count). The maximum atomic E-state index is 12.2. The van der Waals surface area contributed by atoms with Gasteiger partial charge in [-0.25, -0.2) is 4.79 Å². The normalized spacial score (nSPS) is 15.9.